The van der Waals surface area contributed by atoms with Gasteiger partial charge in [-0.15, -0.1) is 0 Å². The lowest BCUT2D eigenvalue weighted by Gasteiger charge is -2.20. The average molecular weight is 334 g/mol. The Morgan fingerprint density at radius 2 is 2.14 bits per heavy atom. The van der Waals surface area contributed by atoms with Crippen LogP contribution in [-0.4, -0.2) is 30.5 Å². The van der Waals surface area contributed by atoms with Gasteiger partial charge in [-0.25, -0.2) is 4.98 Å². The van der Waals surface area contributed by atoms with Crippen molar-refractivity contribution in [1.29, 1.82) is 0 Å². The molecular formula is C15H19N4OPS. The van der Waals surface area contributed by atoms with Crippen LogP contribution in [0.25, 0.3) is 0 Å². The number of nitrogens with zero attached hydrogens (tertiary/aromatic N) is 2. The van der Waals surface area contributed by atoms with E-state index in [9.17, 15) is 4.79 Å². The highest BCUT2D eigenvalue weighted by Crippen LogP contribution is 2.42. The highest BCUT2D eigenvalue weighted by atomic mass is 32.2. The summed E-state index contributed by atoms with van der Waals surface area (Å²) >= 11 is 1.60. The number of pyridine rings is 1. The van der Waals surface area contributed by atoms with Gasteiger partial charge in [-0.3, -0.25) is 4.79 Å². The minimum Gasteiger partial charge on any atom is -0.371 e. The molecule has 0 aromatic carbocycles. The van der Waals surface area contributed by atoms with Crippen molar-refractivity contribution in [2.45, 2.75) is 24.6 Å². The molecule has 7 heteroatoms. The largest absolute Gasteiger partial charge is 0.371 e. The molecule has 3 aliphatic rings. The van der Waals surface area contributed by atoms with E-state index in [0.717, 1.165) is 53.5 Å². The maximum Gasteiger partial charge on any atom is 0.259 e. The third kappa shape index (κ3) is 2.48. The Labute approximate surface area is 136 Å². The van der Waals surface area contributed by atoms with Crippen LogP contribution in [0.2, 0.25) is 0 Å². The van der Waals surface area contributed by atoms with Crippen LogP contribution >= 0.6 is 21.0 Å². The molecule has 0 aliphatic carbocycles. The van der Waals surface area contributed by atoms with E-state index in [-0.39, 0.29) is 11.3 Å². The smallest absolute Gasteiger partial charge is 0.259 e. The number of thioether (sulfide) groups is 1. The monoisotopic (exact) mass is 334 g/mol. The zero-order chi connectivity index (χ0) is 15.1. The first-order chi connectivity index (χ1) is 10.7. The van der Waals surface area contributed by atoms with Gasteiger partial charge in [0.1, 0.15) is 11.2 Å². The van der Waals surface area contributed by atoms with Gasteiger partial charge in [0.2, 0.25) is 0 Å². The highest BCUT2D eigenvalue weighted by molar-refractivity contribution is 8.04. The van der Waals surface area contributed by atoms with Crippen molar-refractivity contribution < 1.29 is 4.79 Å². The van der Waals surface area contributed by atoms with Crippen molar-refractivity contribution >= 4 is 38.2 Å². The van der Waals surface area contributed by atoms with Crippen LogP contribution < -0.4 is 21.0 Å². The van der Waals surface area contributed by atoms with E-state index < -0.39 is 0 Å². The van der Waals surface area contributed by atoms with Gasteiger partial charge in [0.25, 0.3) is 5.91 Å². The first kappa shape index (κ1) is 14.3. The van der Waals surface area contributed by atoms with E-state index >= 15 is 0 Å². The van der Waals surface area contributed by atoms with Crippen molar-refractivity contribution in [1.82, 2.24) is 15.6 Å². The number of aromatic nitrogens is 1. The van der Waals surface area contributed by atoms with E-state index in [1.165, 1.54) is 12.8 Å². The summed E-state index contributed by atoms with van der Waals surface area (Å²) in [6.07, 6.45) is 3.39. The number of hydrogen-bond acceptors (Lipinski definition) is 5. The van der Waals surface area contributed by atoms with Crippen LogP contribution in [0.5, 0.6) is 0 Å². The molecular weight excluding hydrogens is 315 g/mol. The van der Waals surface area contributed by atoms with Crippen molar-refractivity contribution in [3.63, 3.8) is 0 Å². The van der Waals surface area contributed by atoms with Crippen LogP contribution in [0, 0.1) is 0 Å². The average Bonchev–Trinajstić information content (AvgIpc) is 3.17. The van der Waals surface area contributed by atoms with Gasteiger partial charge in [0.05, 0.1) is 10.3 Å². The third-order valence-corrected chi connectivity index (χ3v) is 6.07. The Morgan fingerprint density at radius 1 is 1.32 bits per heavy atom. The fourth-order valence-corrected chi connectivity index (χ4v) is 4.92. The number of hydrogen-bond donors (Lipinski definition) is 2. The molecule has 1 fully saturated rings. The number of carbonyl (C=O) groups excluding carboxylic acids is 1. The molecule has 0 spiro atoms. The molecule has 0 radical (unpaired) electrons. The predicted octanol–water partition coefficient (Wildman–Crippen LogP) is 1.25. The van der Waals surface area contributed by atoms with Gasteiger partial charge in [-0.1, -0.05) is 27.1 Å². The zero-order valence-electron chi connectivity index (χ0n) is 12.3. The third-order valence-electron chi connectivity index (χ3n) is 4.34. The highest BCUT2D eigenvalue weighted by Gasteiger charge is 2.33. The van der Waals surface area contributed by atoms with Crippen LogP contribution in [0.4, 0.5) is 5.82 Å². The lowest BCUT2D eigenvalue weighted by Crippen LogP contribution is -2.31. The Kier molecular flexibility index (Phi) is 3.74. The van der Waals surface area contributed by atoms with Gasteiger partial charge in [0.15, 0.2) is 0 Å². The van der Waals surface area contributed by atoms with Crippen molar-refractivity contribution in [3.8, 4) is 0 Å². The summed E-state index contributed by atoms with van der Waals surface area (Å²) in [5, 5.41) is 6.47. The molecule has 2 atom stereocenters. The molecule has 0 saturated carbocycles. The zero-order valence-corrected chi connectivity index (χ0v) is 14.2. The predicted molar refractivity (Wildman–Crippen MR) is 93.1 cm³/mol. The van der Waals surface area contributed by atoms with Crippen molar-refractivity contribution in [2.75, 3.05) is 24.5 Å². The molecule has 3 aliphatic heterocycles. The summed E-state index contributed by atoms with van der Waals surface area (Å²) in [7, 11) is 2.75. The minimum absolute atomic E-state index is 0.0493. The molecule has 4 rings (SSSR count). The summed E-state index contributed by atoms with van der Waals surface area (Å²) in [6, 6.07) is 4.25. The van der Waals surface area contributed by atoms with Gasteiger partial charge in [-0.05, 0) is 18.9 Å². The molecule has 2 unspecified atom stereocenters. The van der Waals surface area contributed by atoms with Gasteiger partial charge in [-0.2, -0.15) is 0 Å². The van der Waals surface area contributed by atoms with Crippen LogP contribution in [0.3, 0.4) is 0 Å². The number of nitrogens with one attached hydrogen (secondary N) is 2. The Balaban J connectivity index is 1.55. The number of carbonyl (C=O) groups is 1. The first-order valence-corrected chi connectivity index (χ1v) is 9.14. The topological polar surface area (TPSA) is 57.3 Å². The lowest BCUT2D eigenvalue weighted by molar-refractivity contribution is -0.117. The van der Waals surface area contributed by atoms with Crippen LogP contribution in [0.1, 0.15) is 30.2 Å². The molecule has 116 valence electrons. The molecule has 2 N–H and O–H groups in total. The fraction of sp³-hybridized carbons (Fsp3) is 0.467. The van der Waals surface area contributed by atoms with Crippen molar-refractivity contribution in [3.05, 3.63) is 28.3 Å². The Morgan fingerprint density at radius 3 is 2.86 bits per heavy atom. The van der Waals surface area contributed by atoms with E-state index in [1.807, 2.05) is 0 Å². The minimum atomic E-state index is 0.0493. The molecule has 1 amide bonds. The molecule has 1 aromatic heterocycles. The summed E-state index contributed by atoms with van der Waals surface area (Å²) in [4.78, 5) is 19.8. The SMILES string of the molecule is O=C1NCCC2=C1SC(c1ccc(N3CCCC3)nc1P)N2. The Hall–Kier alpha value is -1.26. The van der Waals surface area contributed by atoms with E-state index in [0.29, 0.717) is 0 Å². The summed E-state index contributed by atoms with van der Waals surface area (Å²) in [5.74, 6) is 1.11. The lowest BCUT2D eigenvalue weighted by atomic mass is 10.2. The quantitative estimate of drug-likeness (QED) is 0.797. The van der Waals surface area contributed by atoms with E-state index in [2.05, 4.69) is 36.9 Å². The van der Waals surface area contributed by atoms with Crippen LogP contribution in [0.15, 0.2) is 22.7 Å². The molecule has 1 saturated heterocycles. The van der Waals surface area contributed by atoms with Crippen molar-refractivity contribution in [2.24, 2.45) is 0 Å². The Bertz CT molecular complexity index is 657. The number of rotatable bonds is 2. The van der Waals surface area contributed by atoms with E-state index in [4.69, 9.17) is 4.98 Å². The number of anilines is 1. The van der Waals surface area contributed by atoms with E-state index in [1.54, 1.807) is 11.8 Å². The molecule has 0 bridgehead atoms. The second-order valence-electron chi connectivity index (χ2n) is 5.79. The van der Waals surface area contributed by atoms with Gasteiger partial charge in [0, 0.05) is 37.3 Å². The van der Waals surface area contributed by atoms with Gasteiger partial charge >= 0.3 is 0 Å². The summed E-state index contributed by atoms with van der Waals surface area (Å²) < 4.78 is 0. The summed E-state index contributed by atoms with van der Waals surface area (Å²) in [6.45, 7) is 2.92. The standard InChI is InChI=1S/C15H19N4OPS/c20-13-12-10(5-6-16-13)17-15(22-12)9-3-4-11(18-14(9)21)19-7-1-2-8-19/h3-4,15,17H,1-2,5-8,21H2,(H,16,20). The second-order valence-corrected chi connectivity index (χ2v) is 7.46. The van der Waals surface area contributed by atoms with Crippen LogP contribution in [-0.2, 0) is 4.79 Å². The fourth-order valence-electron chi connectivity index (χ4n) is 3.16. The molecule has 4 heterocycles. The maximum atomic E-state index is 11.9. The second kappa shape index (κ2) is 5.74. The maximum absolute atomic E-state index is 11.9. The summed E-state index contributed by atoms with van der Waals surface area (Å²) in [5.41, 5.74) is 3.18. The molecule has 22 heavy (non-hydrogen) atoms. The first-order valence-electron chi connectivity index (χ1n) is 7.68. The molecule has 1 aromatic rings. The van der Waals surface area contributed by atoms with Gasteiger partial charge < -0.3 is 15.5 Å². The number of amides is 1. The normalized spacial score (nSPS) is 24.3. The molecule has 5 nitrogen and oxygen atoms in total.